The number of aromatic nitrogens is 2. The Kier molecular flexibility index (Phi) is 8.08. The molecule has 3 aromatic rings. The Balaban J connectivity index is 1.68. The fourth-order valence-corrected chi connectivity index (χ4v) is 4.32. The number of amides is 1. The van der Waals surface area contributed by atoms with Gasteiger partial charge in [0.05, 0.1) is 24.0 Å². The van der Waals surface area contributed by atoms with E-state index in [1.54, 1.807) is 55.0 Å². The lowest BCUT2D eigenvalue weighted by Gasteiger charge is -2.25. The van der Waals surface area contributed by atoms with E-state index in [0.29, 0.717) is 48.7 Å². The SMILES string of the molecule is C=CCOc1ccc([C@@H]2/C(=C(\O)c3ccc(OC(C)C)cc3)C(=O)C(=O)N2CCCn2ccnc2)cc1. The molecule has 0 spiro atoms. The number of imidazole rings is 1. The molecular formula is C29H31N3O5. The van der Waals surface area contributed by atoms with E-state index in [-0.39, 0.29) is 17.4 Å². The van der Waals surface area contributed by atoms with Gasteiger partial charge in [-0.2, -0.15) is 0 Å². The molecule has 1 aromatic heterocycles. The van der Waals surface area contributed by atoms with Crippen LogP contribution in [-0.2, 0) is 16.1 Å². The predicted octanol–water partition coefficient (Wildman–Crippen LogP) is 4.75. The summed E-state index contributed by atoms with van der Waals surface area (Å²) in [4.78, 5) is 32.0. The molecule has 1 aliphatic heterocycles. The highest BCUT2D eigenvalue weighted by Crippen LogP contribution is 2.40. The molecule has 1 atom stereocenters. The molecule has 2 aromatic carbocycles. The summed E-state index contributed by atoms with van der Waals surface area (Å²) in [6.45, 7) is 8.84. The van der Waals surface area contributed by atoms with E-state index in [1.807, 2.05) is 36.7 Å². The third-order valence-corrected chi connectivity index (χ3v) is 5.98. The normalized spacial score (nSPS) is 16.8. The zero-order valence-electron chi connectivity index (χ0n) is 21.0. The van der Waals surface area contributed by atoms with Gasteiger partial charge in [-0.1, -0.05) is 24.8 Å². The lowest BCUT2D eigenvalue weighted by Crippen LogP contribution is -2.31. The number of aliphatic hydroxyl groups excluding tert-OH is 1. The van der Waals surface area contributed by atoms with Gasteiger partial charge >= 0.3 is 0 Å². The zero-order chi connectivity index (χ0) is 26.4. The first-order valence-electron chi connectivity index (χ1n) is 12.2. The summed E-state index contributed by atoms with van der Waals surface area (Å²) < 4.78 is 13.2. The summed E-state index contributed by atoms with van der Waals surface area (Å²) in [5, 5.41) is 11.3. The van der Waals surface area contributed by atoms with E-state index < -0.39 is 17.7 Å². The first kappa shape index (κ1) is 25.8. The highest BCUT2D eigenvalue weighted by molar-refractivity contribution is 6.46. The standard InChI is InChI=1S/C29H31N3O5/c1-4-18-36-23-10-6-21(7-11-23)26-25(27(33)22-8-12-24(13-9-22)37-20(2)3)28(34)29(35)32(26)16-5-15-31-17-14-30-19-31/h4,6-14,17,19-20,26,33H,1,5,15-16,18H2,2-3H3/b27-25+/t26-/m1/s1. The van der Waals surface area contributed by atoms with E-state index in [4.69, 9.17) is 9.47 Å². The number of carbonyl (C=O) groups is 2. The quantitative estimate of drug-likeness (QED) is 0.176. The Morgan fingerprint density at radius 1 is 1.08 bits per heavy atom. The smallest absolute Gasteiger partial charge is 0.295 e. The van der Waals surface area contributed by atoms with Crippen LogP contribution in [0, 0.1) is 0 Å². The lowest BCUT2D eigenvalue weighted by atomic mass is 9.95. The maximum Gasteiger partial charge on any atom is 0.295 e. The number of aryl methyl sites for hydroxylation is 1. The number of hydrogen-bond donors (Lipinski definition) is 1. The molecule has 8 heteroatoms. The largest absolute Gasteiger partial charge is 0.507 e. The van der Waals surface area contributed by atoms with Crippen LogP contribution in [0.2, 0.25) is 0 Å². The first-order chi connectivity index (χ1) is 17.9. The Morgan fingerprint density at radius 3 is 2.41 bits per heavy atom. The van der Waals surface area contributed by atoms with E-state index >= 15 is 0 Å². The van der Waals surface area contributed by atoms with Crippen LogP contribution in [0.15, 0.2) is 85.5 Å². The Bertz CT molecular complexity index is 1260. The average molecular weight is 502 g/mol. The number of rotatable bonds is 11. The number of Topliss-reactive ketones (excluding diaryl/α,β-unsaturated/α-hetero) is 1. The molecule has 37 heavy (non-hydrogen) atoms. The fraction of sp³-hybridized carbons (Fsp3) is 0.276. The molecule has 0 aliphatic carbocycles. The molecule has 0 radical (unpaired) electrons. The second kappa shape index (κ2) is 11.6. The van der Waals surface area contributed by atoms with Crippen LogP contribution in [0.4, 0.5) is 0 Å². The zero-order valence-corrected chi connectivity index (χ0v) is 21.0. The monoisotopic (exact) mass is 501 g/mol. The van der Waals surface area contributed by atoms with E-state index in [1.165, 1.54) is 4.90 Å². The number of carbonyl (C=O) groups excluding carboxylic acids is 2. The number of benzene rings is 2. The summed E-state index contributed by atoms with van der Waals surface area (Å²) in [6.07, 6.45) is 7.52. The van der Waals surface area contributed by atoms with Crippen LogP contribution in [0.25, 0.3) is 5.76 Å². The molecule has 0 saturated carbocycles. The number of hydrogen-bond acceptors (Lipinski definition) is 6. The molecule has 192 valence electrons. The Morgan fingerprint density at radius 2 is 1.78 bits per heavy atom. The molecule has 4 rings (SSSR count). The van der Waals surface area contributed by atoms with Crippen molar-refractivity contribution in [2.45, 2.75) is 39.0 Å². The van der Waals surface area contributed by atoms with Crippen LogP contribution >= 0.6 is 0 Å². The van der Waals surface area contributed by atoms with Gasteiger partial charge in [-0.3, -0.25) is 9.59 Å². The van der Waals surface area contributed by atoms with Crippen molar-refractivity contribution < 1.29 is 24.2 Å². The number of nitrogens with zero attached hydrogens (tertiary/aromatic N) is 3. The van der Waals surface area contributed by atoms with Crippen LogP contribution in [0.3, 0.4) is 0 Å². The van der Waals surface area contributed by atoms with Gasteiger partial charge < -0.3 is 24.0 Å². The fourth-order valence-electron chi connectivity index (χ4n) is 4.32. The average Bonchev–Trinajstić information content (AvgIpc) is 3.50. The van der Waals surface area contributed by atoms with Crippen LogP contribution < -0.4 is 9.47 Å². The molecule has 8 nitrogen and oxygen atoms in total. The number of likely N-dealkylation sites (tertiary alicyclic amines) is 1. The van der Waals surface area contributed by atoms with Gasteiger partial charge in [0.1, 0.15) is 23.9 Å². The summed E-state index contributed by atoms with van der Waals surface area (Å²) in [6, 6.07) is 13.3. The van der Waals surface area contributed by atoms with Crippen molar-refractivity contribution in [1.82, 2.24) is 14.5 Å². The van der Waals surface area contributed by atoms with Crippen molar-refractivity contribution in [1.29, 1.82) is 0 Å². The molecule has 0 bridgehead atoms. The molecule has 1 amide bonds. The van der Waals surface area contributed by atoms with Crippen LogP contribution in [-0.4, -0.2) is 50.5 Å². The lowest BCUT2D eigenvalue weighted by molar-refractivity contribution is -0.139. The Hall–Kier alpha value is -4.33. The van der Waals surface area contributed by atoms with Crippen molar-refractivity contribution >= 4 is 17.4 Å². The highest BCUT2D eigenvalue weighted by Gasteiger charge is 2.45. The van der Waals surface area contributed by atoms with Crippen molar-refractivity contribution in [2.75, 3.05) is 13.2 Å². The van der Waals surface area contributed by atoms with Gasteiger partial charge in [0.2, 0.25) is 0 Å². The van der Waals surface area contributed by atoms with Gasteiger partial charge in [-0.15, -0.1) is 0 Å². The Labute approximate surface area is 216 Å². The van der Waals surface area contributed by atoms with Gasteiger partial charge in [0, 0.05) is 31.0 Å². The predicted molar refractivity (Wildman–Crippen MR) is 140 cm³/mol. The third-order valence-electron chi connectivity index (χ3n) is 5.98. The van der Waals surface area contributed by atoms with Crippen LogP contribution in [0.1, 0.15) is 37.4 Å². The summed E-state index contributed by atoms with van der Waals surface area (Å²) in [7, 11) is 0. The summed E-state index contributed by atoms with van der Waals surface area (Å²) in [5.74, 6) is -0.272. The molecule has 1 N–H and O–H groups in total. The minimum absolute atomic E-state index is 0.00512. The van der Waals surface area contributed by atoms with E-state index in [9.17, 15) is 14.7 Å². The minimum Gasteiger partial charge on any atom is -0.507 e. The number of ether oxygens (including phenoxy) is 2. The maximum absolute atomic E-state index is 13.2. The summed E-state index contributed by atoms with van der Waals surface area (Å²) >= 11 is 0. The molecule has 0 unspecified atom stereocenters. The van der Waals surface area contributed by atoms with Crippen molar-refractivity contribution in [3.8, 4) is 11.5 Å². The van der Waals surface area contributed by atoms with Crippen LogP contribution in [0.5, 0.6) is 11.5 Å². The van der Waals surface area contributed by atoms with Gasteiger partial charge in [0.25, 0.3) is 11.7 Å². The van der Waals surface area contributed by atoms with Crippen molar-refractivity contribution in [3.63, 3.8) is 0 Å². The second-order valence-corrected chi connectivity index (χ2v) is 9.01. The first-order valence-corrected chi connectivity index (χ1v) is 12.2. The third kappa shape index (κ3) is 5.91. The molecule has 1 fully saturated rings. The number of ketones is 1. The van der Waals surface area contributed by atoms with E-state index in [2.05, 4.69) is 11.6 Å². The van der Waals surface area contributed by atoms with Gasteiger partial charge in [0.15, 0.2) is 0 Å². The van der Waals surface area contributed by atoms with Crippen molar-refractivity contribution in [3.05, 3.63) is 96.6 Å². The molecular weight excluding hydrogens is 470 g/mol. The van der Waals surface area contributed by atoms with Crippen molar-refractivity contribution in [2.24, 2.45) is 0 Å². The second-order valence-electron chi connectivity index (χ2n) is 9.01. The summed E-state index contributed by atoms with van der Waals surface area (Å²) in [5.41, 5.74) is 1.20. The maximum atomic E-state index is 13.2. The highest BCUT2D eigenvalue weighted by atomic mass is 16.5. The van der Waals surface area contributed by atoms with Gasteiger partial charge in [-0.05, 0) is 62.2 Å². The molecule has 1 aliphatic rings. The number of aliphatic hydroxyl groups is 1. The van der Waals surface area contributed by atoms with Gasteiger partial charge in [-0.25, -0.2) is 4.98 Å². The minimum atomic E-state index is -0.733. The topological polar surface area (TPSA) is 93.9 Å². The molecule has 1 saturated heterocycles. The van der Waals surface area contributed by atoms with E-state index in [0.717, 1.165) is 0 Å². The molecule has 2 heterocycles.